The molecule has 2 aromatic carbocycles. The third-order valence-electron chi connectivity index (χ3n) is 5.50. The van der Waals surface area contributed by atoms with Gasteiger partial charge in [0.05, 0.1) is 0 Å². The fourth-order valence-electron chi connectivity index (χ4n) is 4.24. The second kappa shape index (κ2) is 4.21. The topological polar surface area (TPSA) is 20.2 Å². The molecule has 1 heteroatoms. The molecule has 0 fully saturated rings. The highest BCUT2D eigenvalue weighted by molar-refractivity contribution is 5.87. The van der Waals surface area contributed by atoms with Gasteiger partial charge in [0, 0.05) is 5.56 Å². The van der Waals surface area contributed by atoms with Gasteiger partial charge in [0.1, 0.15) is 5.60 Å². The quantitative estimate of drug-likeness (QED) is 0.835. The molecule has 0 bridgehead atoms. The third-order valence-corrected chi connectivity index (χ3v) is 5.50. The molecule has 3 aliphatic carbocycles. The Kier molecular flexibility index (Phi) is 2.38. The first kappa shape index (κ1) is 12.4. The van der Waals surface area contributed by atoms with Gasteiger partial charge in [-0.3, -0.25) is 0 Å². The summed E-state index contributed by atoms with van der Waals surface area (Å²) < 4.78 is 0. The van der Waals surface area contributed by atoms with Gasteiger partial charge < -0.3 is 5.11 Å². The first-order valence-electron chi connectivity index (χ1n) is 8.13. The SMILES string of the molecule is OC1(c2ccc3c(c2)CC3)C2=C(C=CCC2)c2ccccc21. The Morgan fingerprint density at radius 2 is 1.77 bits per heavy atom. The maximum Gasteiger partial charge on any atom is 0.138 e. The molecular formula is C21H18O. The van der Waals surface area contributed by atoms with Crippen molar-refractivity contribution in [1.29, 1.82) is 0 Å². The molecule has 22 heavy (non-hydrogen) atoms. The van der Waals surface area contributed by atoms with E-state index in [0.29, 0.717) is 0 Å². The van der Waals surface area contributed by atoms with E-state index in [1.54, 1.807) is 0 Å². The van der Waals surface area contributed by atoms with Gasteiger partial charge in [-0.15, -0.1) is 0 Å². The molecule has 3 aliphatic rings. The Bertz CT molecular complexity index is 856. The van der Waals surface area contributed by atoms with Gasteiger partial charge in [0.2, 0.25) is 0 Å². The molecule has 0 aromatic heterocycles. The van der Waals surface area contributed by atoms with Crippen LogP contribution in [0.5, 0.6) is 0 Å². The summed E-state index contributed by atoms with van der Waals surface area (Å²) in [5, 5.41) is 11.8. The van der Waals surface area contributed by atoms with Crippen LogP contribution < -0.4 is 0 Å². The molecule has 5 rings (SSSR count). The van der Waals surface area contributed by atoms with Crippen molar-refractivity contribution in [3.8, 4) is 0 Å². The summed E-state index contributed by atoms with van der Waals surface area (Å²) in [6.45, 7) is 0. The molecular weight excluding hydrogens is 268 g/mol. The lowest BCUT2D eigenvalue weighted by atomic mass is 9.77. The van der Waals surface area contributed by atoms with E-state index < -0.39 is 5.60 Å². The van der Waals surface area contributed by atoms with Gasteiger partial charge in [-0.2, -0.15) is 0 Å². The van der Waals surface area contributed by atoms with Crippen molar-refractivity contribution >= 4 is 5.57 Å². The van der Waals surface area contributed by atoms with Crippen LogP contribution in [-0.4, -0.2) is 5.11 Å². The van der Waals surface area contributed by atoms with Gasteiger partial charge in [-0.1, -0.05) is 54.6 Å². The second-order valence-corrected chi connectivity index (χ2v) is 6.57. The van der Waals surface area contributed by atoms with Crippen molar-refractivity contribution in [2.24, 2.45) is 0 Å². The molecule has 1 N–H and O–H groups in total. The number of fused-ring (bicyclic) bond motifs is 3. The molecule has 1 atom stereocenters. The van der Waals surface area contributed by atoms with Gasteiger partial charge in [0.25, 0.3) is 0 Å². The van der Waals surface area contributed by atoms with Crippen LogP contribution in [0.25, 0.3) is 5.57 Å². The van der Waals surface area contributed by atoms with Crippen LogP contribution in [0.15, 0.2) is 60.2 Å². The Morgan fingerprint density at radius 1 is 0.909 bits per heavy atom. The zero-order valence-corrected chi connectivity index (χ0v) is 12.5. The monoisotopic (exact) mass is 286 g/mol. The molecule has 0 radical (unpaired) electrons. The average molecular weight is 286 g/mol. The van der Waals surface area contributed by atoms with Crippen LogP contribution in [0.2, 0.25) is 0 Å². The zero-order valence-electron chi connectivity index (χ0n) is 12.5. The number of aryl methyl sites for hydroxylation is 2. The first-order valence-corrected chi connectivity index (χ1v) is 8.13. The second-order valence-electron chi connectivity index (χ2n) is 6.57. The summed E-state index contributed by atoms with van der Waals surface area (Å²) in [5.74, 6) is 0. The van der Waals surface area contributed by atoms with E-state index in [2.05, 4.69) is 48.6 Å². The standard InChI is InChI=1S/C21H18O/c22-21(16-12-11-14-9-10-15(14)13-16)19-7-3-1-5-17(19)18-6-2-4-8-20(18)21/h1-3,5-7,11-13,22H,4,8-10H2. The number of rotatable bonds is 1. The number of allylic oxidation sites excluding steroid dienone is 3. The molecule has 108 valence electrons. The Morgan fingerprint density at radius 3 is 2.59 bits per heavy atom. The fourth-order valence-corrected chi connectivity index (χ4v) is 4.24. The Balaban J connectivity index is 1.79. The van der Waals surface area contributed by atoms with E-state index in [0.717, 1.165) is 30.4 Å². The average Bonchev–Trinajstić information content (AvgIpc) is 2.80. The molecule has 0 aliphatic heterocycles. The van der Waals surface area contributed by atoms with Crippen molar-refractivity contribution in [3.05, 3.63) is 88.0 Å². The predicted octanol–water partition coefficient (Wildman–Crippen LogP) is 4.14. The lowest BCUT2D eigenvalue weighted by Crippen LogP contribution is -2.29. The largest absolute Gasteiger partial charge is 0.376 e. The Hall–Kier alpha value is -2.12. The first-order chi connectivity index (χ1) is 10.8. The predicted molar refractivity (Wildman–Crippen MR) is 88.6 cm³/mol. The lowest BCUT2D eigenvalue weighted by molar-refractivity contribution is 0.121. The maximum atomic E-state index is 11.8. The van der Waals surface area contributed by atoms with Gasteiger partial charge in [0.15, 0.2) is 0 Å². The van der Waals surface area contributed by atoms with Crippen LogP contribution in [-0.2, 0) is 18.4 Å². The summed E-state index contributed by atoms with van der Waals surface area (Å²) in [5.41, 5.74) is 7.59. The minimum absolute atomic E-state index is 0.939. The van der Waals surface area contributed by atoms with Crippen LogP contribution in [0.3, 0.4) is 0 Å². The number of aliphatic hydroxyl groups is 1. The van der Waals surface area contributed by atoms with E-state index in [-0.39, 0.29) is 0 Å². The lowest BCUT2D eigenvalue weighted by Gasteiger charge is -2.31. The summed E-state index contributed by atoms with van der Waals surface area (Å²) in [6, 6.07) is 14.9. The van der Waals surface area contributed by atoms with Gasteiger partial charge >= 0.3 is 0 Å². The maximum absolute atomic E-state index is 11.8. The molecule has 0 spiro atoms. The smallest absolute Gasteiger partial charge is 0.138 e. The Labute approximate surface area is 130 Å². The fraction of sp³-hybridized carbons (Fsp3) is 0.238. The number of benzene rings is 2. The molecule has 1 nitrogen and oxygen atoms in total. The summed E-state index contributed by atoms with van der Waals surface area (Å²) in [6.07, 6.45) is 8.69. The molecule has 0 heterocycles. The number of hydrogen-bond donors (Lipinski definition) is 1. The van der Waals surface area contributed by atoms with E-state index >= 15 is 0 Å². The highest BCUT2D eigenvalue weighted by Crippen LogP contribution is 2.52. The third kappa shape index (κ3) is 1.42. The summed E-state index contributed by atoms with van der Waals surface area (Å²) in [7, 11) is 0. The minimum atomic E-state index is -0.943. The molecule has 2 aromatic rings. The van der Waals surface area contributed by atoms with E-state index in [1.807, 2.05) is 6.07 Å². The van der Waals surface area contributed by atoms with Crippen molar-refractivity contribution in [2.75, 3.05) is 0 Å². The van der Waals surface area contributed by atoms with Crippen molar-refractivity contribution in [2.45, 2.75) is 31.3 Å². The zero-order chi connectivity index (χ0) is 14.7. The van der Waals surface area contributed by atoms with Gasteiger partial charge in [-0.05, 0) is 59.1 Å². The van der Waals surface area contributed by atoms with Crippen molar-refractivity contribution < 1.29 is 5.11 Å². The van der Waals surface area contributed by atoms with Crippen LogP contribution in [0.1, 0.15) is 40.7 Å². The van der Waals surface area contributed by atoms with Crippen LogP contribution in [0, 0.1) is 0 Å². The highest BCUT2D eigenvalue weighted by atomic mass is 16.3. The van der Waals surface area contributed by atoms with Crippen molar-refractivity contribution in [1.82, 2.24) is 0 Å². The molecule has 1 unspecified atom stereocenters. The summed E-state index contributed by atoms with van der Waals surface area (Å²) >= 11 is 0. The van der Waals surface area contributed by atoms with Crippen LogP contribution in [0.4, 0.5) is 0 Å². The van der Waals surface area contributed by atoms with Gasteiger partial charge in [-0.25, -0.2) is 0 Å². The normalized spacial score (nSPS) is 24.6. The van der Waals surface area contributed by atoms with Crippen LogP contribution >= 0.6 is 0 Å². The summed E-state index contributed by atoms with van der Waals surface area (Å²) in [4.78, 5) is 0. The number of hydrogen-bond acceptors (Lipinski definition) is 1. The molecule has 0 saturated heterocycles. The minimum Gasteiger partial charge on any atom is -0.376 e. The van der Waals surface area contributed by atoms with E-state index in [4.69, 9.17) is 0 Å². The highest BCUT2D eigenvalue weighted by Gasteiger charge is 2.44. The molecule has 0 amide bonds. The van der Waals surface area contributed by atoms with E-state index in [1.165, 1.54) is 34.3 Å². The molecule has 0 saturated carbocycles. The van der Waals surface area contributed by atoms with Crippen molar-refractivity contribution in [3.63, 3.8) is 0 Å². The van der Waals surface area contributed by atoms with E-state index in [9.17, 15) is 5.11 Å².